The molecule has 0 atom stereocenters. The molecule has 7 nitrogen and oxygen atoms in total. The zero-order valence-electron chi connectivity index (χ0n) is 12.7. The van der Waals surface area contributed by atoms with E-state index < -0.39 is 18.4 Å². The third-order valence-corrected chi connectivity index (χ3v) is 3.65. The number of benzene rings is 1. The fourth-order valence-electron chi connectivity index (χ4n) is 2.39. The Balaban J connectivity index is 1.83. The fraction of sp³-hybridized carbons (Fsp3) is 0.438. The van der Waals surface area contributed by atoms with Gasteiger partial charge in [0, 0.05) is 30.9 Å². The van der Waals surface area contributed by atoms with Crippen molar-refractivity contribution in [2.24, 2.45) is 5.92 Å². The number of rotatable bonds is 6. The second-order valence-corrected chi connectivity index (χ2v) is 5.46. The molecule has 0 unspecified atom stereocenters. The summed E-state index contributed by atoms with van der Waals surface area (Å²) in [6.07, 6.45) is 2.26. The molecule has 7 heteroatoms. The monoisotopic (exact) mass is 320 g/mol. The zero-order chi connectivity index (χ0) is 16.7. The van der Waals surface area contributed by atoms with E-state index in [9.17, 15) is 14.4 Å². The van der Waals surface area contributed by atoms with Gasteiger partial charge in [-0.15, -0.1) is 0 Å². The lowest BCUT2D eigenvalue weighted by atomic mass is 9.96. The van der Waals surface area contributed by atoms with E-state index in [-0.39, 0.29) is 5.91 Å². The van der Waals surface area contributed by atoms with E-state index in [4.69, 9.17) is 9.84 Å². The van der Waals surface area contributed by atoms with Crippen molar-refractivity contribution >= 4 is 23.5 Å². The molecule has 0 saturated carbocycles. The molecule has 1 aliphatic rings. The van der Waals surface area contributed by atoms with Gasteiger partial charge in [-0.25, -0.2) is 0 Å². The van der Waals surface area contributed by atoms with Gasteiger partial charge in [0.25, 0.3) is 5.91 Å². The average Bonchev–Trinajstić information content (AvgIpc) is 2.54. The van der Waals surface area contributed by atoms with Crippen LogP contribution in [0.4, 0.5) is 5.69 Å². The number of hydrogen-bond acceptors (Lipinski definition) is 4. The third kappa shape index (κ3) is 5.71. The van der Waals surface area contributed by atoms with Crippen molar-refractivity contribution in [1.29, 1.82) is 0 Å². The highest BCUT2D eigenvalue weighted by Gasteiger charge is 2.17. The minimum atomic E-state index is -1.10. The fourth-order valence-corrected chi connectivity index (χ4v) is 2.39. The lowest BCUT2D eigenvalue weighted by molar-refractivity contribution is -0.135. The van der Waals surface area contributed by atoms with Crippen LogP contribution in [0.5, 0.6) is 0 Å². The van der Waals surface area contributed by atoms with Crippen LogP contribution in [0.2, 0.25) is 0 Å². The number of carbonyl (C=O) groups excluding carboxylic acids is 2. The molecule has 124 valence electrons. The second kappa shape index (κ2) is 8.28. The van der Waals surface area contributed by atoms with Gasteiger partial charge in [-0.3, -0.25) is 14.4 Å². The highest BCUT2D eigenvalue weighted by molar-refractivity contribution is 5.97. The van der Waals surface area contributed by atoms with Gasteiger partial charge in [0.15, 0.2) is 0 Å². The standard InChI is InChI=1S/C16H20N2O5/c19-14(9-11-5-7-23-8-6-11)18-13-3-1-12(2-4-13)16(22)17-10-15(20)21/h1-4,11H,5-10H2,(H,17,22)(H,18,19)(H,20,21). The first-order valence-corrected chi connectivity index (χ1v) is 7.52. The quantitative estimate of drug-likeness (QED) is 0.732. The highest BCUT2D eigenvalue weighted by atomic mass is 16.5. The number of nitrogens with one attached hydrogen (secondary N) is 2. The number of amides is 2. The molecule has 2 rings (SSSR count). The Bertz CT molecular complexity index is 564. The lowest BCUT2D eigenvalue weighted by Gasteiger charge is -2.21. The largest absolute Gasteiger partial charge is 0.480 e. The average molecular weight is 320 g/mol. The Morgan fingerprint density at radius 3 is 2.39 bits per heavy atom. The SMILES string of the molecule is O=C(O)CNC(=O)c1ccc(NC(=O)CC2CCOCC2)cc1. The van der Waals surface area contributed by atoms with Gasteiger partial charge < -0.3 is 20.5 Å². The molecule has 1 heterocycles. The van der Waals surface area contributed by atoms with Gasteiger partial charge in [-0.05, 0) is 43.0 Å². The van der Waals surface area contributed by atoms with Crippen LogP contribution in [0.3, 0.4) is 0 Å². The number of ether oxygens (including phenoxy) is 1. The smallest absolute Gasteiger partial charge is 0.322 e. The number of hydrogen-bond donors (Lipinski definition) is 3. The summed E-state index contributed by atoms with van der Waals surface area (Å²) in [6.45, 7) is 0.985. The summed E-state index contributed by atoms with van der Waals surface area (Å²) in [4.78, 5) is 34.1. The van der Waals surface area contributed by atoms with Crippen molar-refractivity contribution in [3.05, 3.63) is 29.8 Å². The Kier molecular flexibility index (Phi) is 6.10. The van der Waals surface area contributed by atoms with E-state index in [1.807, 2.05) is 0 Å². The first kappa shape index (κ1) is 17.0. The summed E-state index contributed by atoms with van der Waals surface area (Å²) in [5, 5.41) is 13.6. The predicted molar refractivity (Wildman–Crippen MR) is 83.2 cm³/mol. The molecule has 2 amide bonds. The number of aliphatic carboxylic acids is 1. The van der Waals surface area contributed by atoms with Crippen molar-refractivity contribution in [2.45, 2.75) is 19.3 Å². The summed E-state index contributed by atoms with van der Waals surface area (Å²) in [6, 6.07) is 6.33. The van der Waals surface area contributed by atoms with E-state index in [0.29, 0.717) is 36.8 Å². The molecule has 0 aromatic heterocycles. The van der Waals surface area contributed by atoms with Crippen LogP contribution in [0.25, 0.3) is 0 Å². The minimum absolute atomic E-state index is 0.0556. The molecule has 1 aromatic rings. The third-order valence-electron chi connectivity index (χ3n) is 3.65. The van der Waals surface area contributed by atoms with E-state index >= 15 is 0 Å². The van der Waals surface area contributed by atoms with Crippen molar-refractivity contribution in [1.82, 2.24) is 5.32 Å². The van der Waals surface area contributed by atoms with Crippen LogP contribution < -0.4 is 10.6 Å². The van der Waals surface area contributed by atoms with Gasteiger partial charge in [0.2, 0.25) is 5.91 Å². The topological polar surface area (TPSA) is 105 Å². The van der Waals surface area contributed by atoms with E-state index in [1.165, 1.54) is 0 Å². The summed E-state index contributed by atoms with van der Waals surface area (Å²) in [5.41, 5.74) is 0.950. The van der Waals surface area contributed by atoms with Crippen molar-refractivity contribution in [3.8, 4) is 0 Å². The first-order chi connectivity index (χ1) is 11.0. The normalized spacial score (nSPS) is 15.0. The maximum atomic E-state index is 12.0. The molecule has 1 aromatic carbocycles. The van der Waals surface area contributed by atoms with E-state index in [2.05, 4.69) is 10.6 Å². The van der Waals surface area contributed by atoms with E-state index in [0.717, 1.165) is 12.8 Å². The number of carboxylic acid groups (broad SMARTS) is 1. The molecule has 0 aliphatic carbocycles. The number of carboxylic acids is 1. The molecule has 0 radical (unpaired) electrons. The number of anilines is 1. The molecule has 1 fully saturated rings. The molecule has 3 N–H and O–H groups in total. The van der Waals surface area contributed by atoms with Crippen molar-refractivity contribution in [2.75, 3.05) is 25.1 Å². The Morgan fingerprint density at radius 2 is 1.78 bits per heavy atom. The molecular formula is C16H20N2O5. The summed E-state index contributed by atoms with van der Waals surface area (Å²) < 4.78 is 5.26. The molecule has 1 aliphatic heterocycles. The second-order valence-electron chi connectivity index (χ2n) is 5.46. The first-order valence-electron chi connectivity index (χ1n) is 7.52. The molecule has 23 heavy (non-hydrogen) atoms. The van der Waals surface area contributed by atoms with Crippen molar-refractivity contribution in [3.63, 3.8) is 0 Å². The van der Waals surface area contributed by atoms with Crippen molar-refractivity contribution < 1.29 is 24.2 Å². The Labute approximate surface area is 134 Å². The molecular weight excluding hydrogens is 300 g/mol. The van der Waals surface area contributed by atoms with Gasteiger partial charge >= 0.3 is 5.97 Å². The highest BCUT2D eigenvalue weighted by Crippen LogP contribution is 2.19. The van der Waals surface area contributed by atoms with Gasteiger partial charge in [0.05, 0.1) is 0 Å². The van der Waals surface area contributed by atoms with Crippen LogP contribution >= 0.6 is 0 Å². The van der Waals surface area contributed by atoms with Crippen LogP contribution in [-0.2, 0) is 14.3 Å². The molecule has 0 bridgehead atoms. The predicted octanol–water partition coefficient (Wildman–Crippen LogP) is 1.26. The summed E-state index contributed by atoms with van der Waals surface area (Å²) in [7, 11) is 0. The maximum absolute atomic E-state index is 12.0. The van der Waals surface area contributed by atoms with Gasteiger partial charge in [-0.2, -0.15) is 0 Å². The number of carbonyl (C=O) groups is 3. The Hall–Kier alpha value is -2.41. The van der Waals surface area contributed by atoms with Gasteiger partial charge in [0.1, 0.15) is 6.54 Å². The van der Waals surface area contributed by atoms with Crippen LogP contribution in [-0.4, -0.2) is 42.6 Å². The van der Waals surface area contributed by atoms with Crippen LogP contribution in [0, 0.1) is 5.92 Å². The maximum Gasteiger partial charge on any atom is 0.322 e. The minimum Gasteiger partial charge on any atom is -0.480 e. The summed E-state index contributed by atoms with van der Waals surface area (Å²) >= 11 is 0. The molecule has 1 saturated heterocycles. The van der Waals surface area contributed by atoms with Crippen LogP contribution in [0.1, 0.15) is 29.6 Å². The molecule has 0 spiro atoms. The van der Waals surface area contributed by atoms with Gasteiger partial charge in [-0.1, -0.05) is 0 Å². The zero-order valence-corrected chi connectivity index (χ0v) is 12.7. The van der Waals surface area contributed by atoms with E-state index in [1.54, 1.807) is 24.3 Å². The summed E-state index contributed by atoms with van der Waals surface area (Å²) in [5.74, 6) is -1.27. The lowest BCUT2D eigenvalue weighted by Crippen LogP contribution is -2.29. The Morgan fingerprint density at radius 1 is 1.13 bits per heavy atom. The van der Waals surface area contributed by atoms with Crippen LogP contribution in [0.15, 0.2) is 24.3 Å².